The summed E-state index contributed by atoms with van der Waals surface area (Å²) in [5.74, 6) is -0.262. The maximum Gasteiger partial charge on any atom is 0.145 e. The molecule has 0 amide bonds. The van der Waals surface area contributed by atoms with Crippen LogP contribution in [0.25, 0.3) is 0 Å². The van der Waals surface area contributed by atoms with Gasteiger partial charge in [-0.2, -0.15) is 0 Å². The zero-order valence-corrected chi connectivity index (χ0v) is 17.2. The fraction of sp³-hybridized carbons (Fsp3) is 0.409. The second-order valence-corrected chi connectivity index (χ2v) is 7.51. The van der Waals surface area contributed by atoms with Crippen LogP contribution in [0, 0.1) is 5.82 Å². The van der Waals surface area contributed by atoms with E-state index in [0.717, 1.165) is 11.3 Å². The number of aliphatic hydroxyl groups is 1. The molecule has 0 bridgehead atoms. The Morgan fingerprint density at radius 2 is 2.03 bits per heavy atom. The number of hydrogen-bond acceptors (Lipinski definition) is 5. The van der Waals surface area contributed by atoms with Crippen molar-refractivity contribution in [3.05, 3.63) is 70.5 Å². The number of aliphatic hydroxyl groups excluding tert-OH is 1. The molecule has 0 spiro atoms. The molecule has 0 saturated carbocycles. The van der Waals surface area contributed by atoms with Gasteiger partial charge in [0, 0.05) is 43.2 Å². The first-order chi connectivity index (χ1) is 14.0. The third-order valence-electron chi connectivity index (χ3n) is 4.71. The fourth-order valence-electron chi connectivity index (χ4n) is 3.30. The lowest BCUT2D eigenvalue weighted by Gasteiger charge is -2.27. The summed E-state index contributed by atoms with van der Waals surface area (Å²) in [5.41, 5.74) is 2.40. The lowest BCUT2D eigenvalue weighted by molar-refractivity contribution is 0.000247. The van der Waals surface area contributed by atoms with Crippen molar-refractivity contribution in [2.45, 2.75) is 32.1 Å². The van der Waals surface area contributed by atoms with Crippen molar-refractivity contribution in [3.63, 3.8) is 0 Å². The number of benzene rings is 2. The van der Waals surface area contributed by atoms with E-state index >= 15 is 0 Å². The molecule has 2 aromatic rings. The van der Waals surface area contributed by atoms with Crippen LogP contribution in [0.2, 0.25) is 5.02 Å². The largest absolute Gasteiger partial charge is 0.390 e. The van der Waals surface area contributed by atoms with Gasteiger partial charge in [0.1, 0.15) is 11.9 Å². The molecule has 0 aromatic heterocycles. The maximum atomic E-state index is 14.1. The van der Waals surface area contributed by atoms with Gasteiger partial charge in [0.2, 0.25) is 0 Å². The van der Waals surface area contributed by atoms with E-state index in [2.05, 4.69) is 5.16 Å². The average Bonchev–Trinajstić information content (AvgIpc) is 3.17. The number of hydrogen-bond donors (Lipinski definition) is 1. The minimum absolute atomic E-state index is 0.174. The van der Waals surface area contributed by atoms with E-state index in [1.165, 1.54) is 6.07 Å². The summed E-state index contributed by atoms with van der Waals surface area (Å²) >= 11 is 5.95. The van der Waals surface area contributed by atoms with Crippen molar-refractivity contribution in [2.75, 3.05) is 26.3 Å². The molecule has 1 N–H and O–H groups in total. The molecule has 3 rings (SSSR count). The Balaban J connectivity index is 1.63. The number of rotatable bonds is 10. The topological polar surface area (TPSA) is 54.3 Å². The van der Waals surface area contributed by atoms with Crippen molar-refractivity contribution in [1.82, 2.24) is 4.90 Å². The molecule has 7 heteroatoms. The number of ether oxygens (including phenoxy) is 1. The van der Waals surface area contributed by atoms with Crippen LogP contribution in [0.5, 0.6) is 0 Å². The second-order valence-electron chi connectivity index (χ2n) is 7.08. The molecule has 2 atom stereocenters. The van der Waals surface area contributed by atoms with Crippen LogP contribution in [0.3, 0.4) is 0 Å². The summed E-state index contributed by atoms with van der Waals surface area (Å²) in [5, 5.41) is 15.2. The Bertz CT molecular complexity index is 816. The molecule has 156 valence electrons. The lowest BCUT2D eigenvalue weighted by Crippen LogP contribution is -2.39. The van der Waals surface area contributed by atoms with Gasteiger partial charge in [-0.05, 0) is 30.7 Å². The van der Waals surface area contributed by atoms with Gasteiger partial charge < -0.3 is 14.7 Å². The summed E-state index contributed by atoms with van der Waals surface area (Å²) in [6, 6.07) is 14.1. The Kier molecular flexibility index (Phi) is 8.00. The second kappa shape index (κ2) is 10.7. The molecule has 0 unspecified atom stereocenters. The average molecular weight is 421 g/mol. The molecule has 1 heterocycles. The summed E-state index contributed by atoms with van der Waals surface area (Å²) in [6.45, 7) is 3.89. The molecule has 1 aliphatic rings. The molecular formula is C22H26ClFN2O3. The van der Waals surface area contributed by atoms with Crippen molar-refractivity contribution in [3.8, 4) is 0 Å². The van der Waals surface area contributed by atoms with E-state index in [1.807, 2.05) is 36.1 Å². The van der Waals surface area contributed by atoms with E-state index in [9.17, 15) is 9.50 Å². The number of oxime groups is 1. The number of nitrogens with zero attached hydrogens (tertiary/aromatic N) is 2. The van der Waals surface area contributed by atoms with Gasteiger partial charge in [-0.1, -0.05) is 47.1 Å². The maximum absolute atomic E-state index is 14.1. The summed E-state index contributed by atoms with van der Waals surface area (Å²) in [7, 11) is 0. The quantitative estimate of drug-likeness (QED) is 0.634. The zero-order valence-electron chi connectivity index (χ0n) is 16.4. The third-order valence-corrected chi connectivity index (χ3v) is 4.96. The highest BCUT2D eigenvalue weighted by Gasteiger charge is 2.26. The zero-order chi connectivity index (χ0) is 20.6. The van der Waals surface area contributed by atoms with Gasteiger partial charge in [0.05, 0.1) is 18.4 Å². The first-order valence-electron chi connectivity index (χ1n) is 9.75. The van der Waals surface area contributed by atoms with Gasteiger partial charge in [0.25, 0.3) is 0 Å². The predicted molar refractivity (Wildman–Crippen MR) is 112 cm³/mol. The van der Waals surface area contributed by atoms with Crippen LogP contribution >= 0.6 is 11.6 Å². The molecule has 5 nitrogen and oxygen atoms in total. The fourth-order valence-corrected chi connectivity index (χ4v) is 3.43. The van der Waals surface area contributed by atoms with E-state index < -0.39 is 6.10 Å². The van der Waals surface area contributed by atoms with Gasteiger partial charge >= 0.3 is 0 Å². The Morgan fingerprint density at radius 1 is 1.28 bits per heavy atom. The van der Waals surface area contributed by atoms with Gasteiger partial charge in [-0.3, -0.25) is 4.90 Å². The Labute approximate surface area is 175 Å². The van der Waals surface area contributed by atoms with Crippen LogP contribution in [0.4, 0.5) is 4.39 Å². The van der Waals surface area contributed by atoms with Gasteiger partial charge in [-0.25, -0.2) is 4.39 Å². The van der Waals surface area contributed by atoms with Crippen LogP contribution in [-0.2, 0) is 16.1 Å². The molecule has 0 fully saturated rings. The normalized spacial score (nSPS) is 17.3. The van der Waals surface area contributed by atoms with E-state index in [1.54, 1.807) is 18.2 Å². The molecule has 0 aliphatic carbocycles. The van der Waals surface area contributed by atoms with Gasteiger partial charge in [0.15, 0.2) is 0 Å². The highest BCUT2D eigenvalue weighted by molar-refractivity contribution is 6.30. The summed E-state index contributed by atoms with van der Waals surface area (Å²) < 4.78 is 19.5. The van der Waals surface area contributed by atoms with E-state index in [0.29, 0.717) is 43.2 Å². The lowest BCUT2D eigenvalue weighted by atomic mass is 10.0. The first kappa shape index (κ1) is 21.7. The summed E-state index contributed by atoms with van der Waals surface area (Å²) in [6.07, 6.45) is -0.205. The first-order valence-corrected chi connectivity index (χ1v) is 10.1. The SMILES string of the molecule is CCOC[C@H](O)CN(Cc1ccccc1F)C[C@H]1CC(c2ccc(Cl)cc2)=NO1. The Hall–Kier alpha value is -1.99. The van der Waals surface area contributed by atoms with Crippen LogP contribution in [0.1, 0.15) is 24.5 Å². The molecule has 1 aliphatic heterocycles. The standard InChI is InChI=1S/C22H26ClFN2O3/c1-2-28-15-19(27)13-26(12-17-5-3-4-6-21(17)24)14-20-11-22(25-29-20)16-7-9-18(23)10-8-16/h3-10,19-20,27H,2,11-15H2,1H3/t19-,20-/m1/s1. The monoisotopic (exact) mass is 420 g/mol. The summed E-state index contributed by atoms with van der Waals surface area (Å²) in [4.78, 5) is 7.60. The minimum atomic E-state index is -0.667. The van der Waals surface area contributed by atoms with Crippen molar-refractivity contribution >= 4 is 17.3 Å². The van der Waals surface area contributed by atoms with Crippen molar-refractivity contribution in [1.29, 1.82) is 0 Å². The van der Waals surface area contributed by atoms with Crippen LogP contribution < -0.4 is 0 Å². The third kappa shape index (κ3) is 6.51. The van der Waals surface area contributed by atoms with Crippen molar-refractivity contribution < 1.29 is 19.1 Å². The molecule has 0 saturated heterocycles. The molecule has 0 radical (unpaired) electrons. The molecule has 2 aromatic carbocycles. The number of halogens is 2. The smallest absolute Gasteiger partial charge is 0.145 e. The molecular weight excluding hydrogens is 395 g/mol. The van der Waals surface area contributed by atoms with Gasteiger partial charge in [-0.15, -0.1) is 0 Å². The van der Waals surface area contributed by atoms with Crippen LogP contribution in [0.15, 0.2) is 53.7 Å². The molecule has 29 heavy (non-hydrogen) atoms. The Morgan fingerprint density at radius 3 is 2.76 bits per heavy atom. The van der Waals surface area contributed by atoms with E-state index in [-0.39, 0.29) is 18.5 Å². The van der Waals surface area contributed by atoms with Crippen molar-refractivity contribution in [2.24, 2.45) is 5.16 Å². The highest BCUT2D eigenvalue weighted by Crippen LogP contribution is 2.20. The van der Waals surface area contributed by atoms with E-state index in [4.69, 9.17) is 21.2 Å². The van der Waals surface area contributed by atoms with Crippen LogP contribution in [-0.4, -0.2) is 54.2 Å². The minimum Gasteiger partial charge on any atom is -0.390 e. The highest BCUT2D eigenvalue weighted by atomic mass is 35.5. The predicted octanol–water partition coefficient (Wildman–Crippen LogP) is 3.87.